The molecule has 2 nitrogen and oxygen atoms in total. The Labute approximate surface area is 121 Å². The molecule has 1 amide bonds. The zero-order valence-electron chi connectivity index (χ0n) is 11.7. The van der Waals surface area contributed by atoms with Gasteiger partial charge in [0.05, 0.1) is 0 Å². The second-order valence-corrected chi connectivity index (χ2v) is 4.94. The van der Waals surface area contributed by atoms with Gasteiger partial charge in [-0.05, 0) is 30.4 Å². The Balaban J connectivity index is 1.70. The quantitative estimate of drug-likeness (QED) is 0.528. The van der Waals surface area contributed by atoms with Crippen LogP contribution in [0.25, 0.3) is 0 Å². The Hall–Kier alpha value is -2.09. The first-order valence-corrected chi connectivity index (χ1v) is 7.09. The van der Waals surface area contributed by atoms with E-state index in [4.69, 9.17) is 0 Å². The average Bonchev–Trinajstić information content (AvgIpc) is 2.52. The van der Waals surface area contributed by atoms with E-state index in [9.17, 15) is 4.79 Å². The van der Waals surface area contributed by atoms with E-state index in [1.165, 1.54) is 5.56 Å². The molecule has 2 aromatic carbocycles. The van der Waals surface area contributed by atoms with Gasteiger partial charge in [-0.2, -0.15) is 0 Å². The first-order valence-electron chi connectivity index (χ1n) is 7.09. The van der Waals surface area contributed by atoms with Crippen molar-refractivity contribution in [2.24, 2.45) is 0 Å². The molecular weight excluding hydrogens is 246 g/mol. The topological polar surface area (TPSA) is 20.3 Å². The minimum absolute atomic E-state index is 0.648. The second-order valence-electron chi connectivity index (χ2n) is 4.94. The van der Waals surface area contributed by atoms with Crippen molar-refractivity contribution in [2.75, 3.05) is 6.54 Å². The first-order chi connectivity index (χ1) is 9.88. The van der Waals surface area contributed by atoms with Crippen LogP contribution in [0.1, 0.15) is 24.0 Å². The maximum absolute atomic E-state index is 11.0. The van der Waals surface area contributed by atoms with Crippen LogP contribution in [0.2, 0.25) is 0 Å². The van der Waals surface area contributed by atoms with Crippen molar-refractivity contribution in [2.45, 2.75) is 25.8 Å². The summed E-state index contributed by atoms with van der Waals surface area (Å²) in [6.45, 7) is 1.42. The lowest BCUT2D eigenvalue weighted by molar-refractivity contribution is 0.364. The van der Waals surface area contributed by atoms with E-state index in [1.807, 2.05) is 42.8 Å². The Bertz CT molecular complexity index is 495. The summed E-state index contributed by atoms with van der Waals surface area (Å²) in [5.74, 6) is 0. The molecule has 0 unspecified atom stereocenters. The van der Waals surface area contributed by atoms with Gasteiger partial charge in [-0.3, -0.25) is 4.79 Å². The van der Waals surface area contributed by atoms with E-state index in [-0.39, 0.29) is 0 Å². The first kappa shape index (κ1) is 14.3. The molecule has 2 heteroatoms. The number of aryl methyl sites for hydroxylation is 1. The van der Waals surface area contributed by atoms with E-state index in [0.29, 0.717) is 6.54 Å². The summed E-state index contributed by atoms with van der Waals surface area (Å²) in [6.07, 6.45) is 5.21. The number of unbranched alkanes of at least 4 members (excludes halogenated alkanes) is 1. The highest BCUT2D eigenvalue weighted by Crippen LogP contribution is 2.07. The van der Waals surface area contributed by atoms with Gasteiger partial charge in [0.2, 0.25) is 0 Å². The van der Waals surface area contributed by atoms with Crippen LogP contribution in [0.3, 0.4) is 0 Å². The van der Waals surface area contributed by atoms with Crippen LogP contribution in [-0.2, 0) is 17.8 Å². The molecule has 0 saturated heterocycles. The van der Waals surface area contributed by atoms with Crippen LogP contribution in [0, 0.1) is 0 Å². The number of rotatable bonds is 8. The fourth-order valence-electron chi connectivity index (χ4n) is 2.24. The minimum atomic E-state index is 0.648. The Morgan fingerprint density at radius 3 is 2.00 bits per heavy atom. The molecule has 20 heavy (non-hydrogen) atoms. The number of hydrogen-bond acceptors (Lipinski definition) is 1. The minimum Gasteiger partial charge on any atom is -0.330 e. The lowest BCUT2D eigenvalue weighted by Crippen LogP contribution is -2.22. The zero-order valence-corrected chi connectivity index (χ0v) is 11.7. The number of hydrogen-bond donors (Lipinski definition) is 0. The van der Waals surface area contributed by atoms with Crippen molar-refractivity contribution in [1.29, 1.82) is 0 Å². The van der Waals surface area contributed by atoms with Crippen molar-refractivity contribution < 1.29 is 4.79 Å². The van der Waals surface area contributed by atoms with Crippen LogP contribution in [-0.4, -0.2) is 17.9 Å². The Kier molecular flexibility index (Phi) is 5.84. The molecule has 0 bridgehead atoms. The fourth-order valence-corrected chi connectivity index (χ4v) is 2.24. The van der Waals surface area contributed by atoms with E-state index in [1.54, 1.807) is 4.90 Å². The molecule has 0 aliphatic heterocycles. The van der Waals surface area contributed by atoms with Crippen LogP contribution < -0.4 is 0 Å². The van der Waals surface area contributed by atoms with Gasteiger partial charge in [-0.25, -0.2) is 0 Å². The van der Waals surface area contributed by atoms with Crippen molar-refractivity contribution in [3.05, 3.63) is 71.8 Å². The average molecular weight is 266 g/mol. The highest BCUT2D eigenvalue weighted by molar-refractivity contribution is 5.48. The summed E-state index contributed by atoms with van der Waals surface area (Å²) in [5.41, 5.74) is 2.51. The van der Waals surface area contributed by atoms with Gasteiger partial charge in [0.15, 0.2) is 0 Å². The summed E-state index contributed by atoms with van der Waals surface area (Å²) in [6, 6.07) is 20.5. The molecule has 0 aromatic heterocycles. The zero-order chi connectivity index (χ0) is 14.0. The molecule has 0 N–H and O–H groups in total. The van der Waals surface area contributed by atoms with Crippen molar-refractivity contribution in [3.8, 4) is 0 Å². The van der Waals surface area contributed by atoms with Crippen LogP contribution >= 0.6 is 0 Å². The van der Waals surface area contributed by atoms with Gasteiger partial charge in [-0.15, -0.1) is 0 Å². The van der Waals surface area contributed by atoms with Gasteiger partial charge < -0.3 is 4.90 Å². The molecule has 1 radical (unpaired) electrons. The largest absolute Gasteiger partial charge is 0.330 e. The summed E-state index contributed by atoms with van der Waals surface area (Å²) >= 11 is 0. The predicted molar refractivity (Wildman–Crippen MR) is 81.9 cm³/mol. The summed E-state index contributed by atoms with van der Waals surface area (Å²) < 4.78 is 0. The molecular formula is C18H20NO. The highest BCUT2D eigenvalue weighted by atomic mass is 16.1. The summed E-state index contributed by atoms with van der Waals surface area (Å²) in [5, 5.41) is 0. The molecule has 0 aliphatic carbocycles. The molecule has 0 saturated carbocycles. The molecule has 2 aromatic rings. The number of benzene rings is 2. The molecule has 0 fully saturated rings. The van der Waals surface area contributed by atoms with E-state index < -0.39 is 0 Å². The third kappa shape index (κ3) is 4.88. The lowest BCUT2D eigenvalue weighted by Gasteiger charge is -2.16. The van der Waals surface area contributed by atoms with Crippen molar-refractivity contribution >= 4 is 6.41 Å². The molecule has 103 valence electrons. The van der Waals surface area contributed by atoms with Gasteiger partial charge in [0, 0.05) is 13.1 Å². The predicted octanol–water partition coefficient (Wildman–Crippen LogP) is 3.58. The summed E-state index contributed by atoms with van der Waals surface area (Å²) in [7, 11) is 0. The molecule has 0 atom stereocenters. The van der Waals surface area contributed by atoms with Crippen LogP contribution in [0.5, 0.6) is 0 Å². The van der Waals surface area contributed by atoms with Crippen LogP contribution in [0.4, 0.5) is 0 Å². The van der Waals surface area contributed by atoms with E-state index in [0.717, 1.165) is 31.4 Å². The monoisotopic (exact) mass is 266 g/mol. The Morgan fingerprint density at radius 2 is 1.40 bits per heavy atom. The normalized spacial score (nSPS) is 10.2. The van der Waals surface area contributed by atoms with Gasteiger partial charge in [0.25, 0.3) is 0 Å². The molecule has 2 rings (SSSR count). The SMILES string of the molecule is O=[C]N(CCCCc1ccccc1)Cc1ccccc1. The maximum Gasteiger partial charge on any atom is 0.312 e. The van der Waals surface area contributed by atoms with E-state index in [2.05, 4.69) is 24.3 Å². The fraction of sp³-hybridized carbons (Fsp3) is 0.278. The third-order valence-corrected chi connectivity index (χ3v) is 3.33. The number of carbonyl (C=O) groups excluding carboxylic acids is 1. The van der Waals surface area contributed by atoms with Crippen molar-refractivity contribution in [3.63, 3.8) is 0 Å². The van der Waals surface area contributed by atoms with Gasteiger partial charge >= 0.3 is 6.41 Å². The molecule has 0 spiro atoms. The van der Waals surface area contributed by atoms with E-state index >= 15 is 0 Å². The number of nitrogens with zero attached hydrogens (tertiary/aromatic N) is 1. The molecule has 0 aliphatic rings. The van der Waals surface area contributed by atoms with Crippen molar-refractivity contribution in [1.82, 2.24) is 4.90 Å². The number of amides is 1. The standard InChI is InChI=1S/C18H20NO/c20-16-19(15-18-12-5-2-6-13-18)14-8-7-11-17-9-3-1-4-10-17/h1-6,9-10,12-13H,7-8,11,14-15H2. The summed E-state index contributed by atoms with van der Waals surface area (Å²) in [4.78, 5) is 12.7. The van der Waals surface area contributed by atoms with Crippen LogP contribution in [0.15, 0.2) is 60.7 Å². The van der Waals surface area contributed by atoms with Gasteiger partial charge in [0.1, 0.15) is 0 Å². The smallest absolute Gasteiger partial charge is 0.312 e. The highest BCUT2D eigenvalue weighted by Gasteiger charge is 2.03. The Morgan fingerprint density at radius 1 is 0.800 bits per heavy atom. The third-order valence-electron chi connectivity index (χ3n) is 3.33. The molecule has 0 heterocycles. The lowest BCUT2D eigenvalue weighted by atomic mass is 10.1. The maximum atomic E-state index is 11.0. The van der Waals surface area contributed by atoms with Gasteiger partial charge in [-0.1, -0.05) is 60.7 Å². The second kappa shape index (κ2) is 8.16.